The summed E-state index contributed by atoms with van der Waals surface area (Å²) in [5, 5.41) is 2.81. The number of hydrogen-bond acceptors (Lipinski definition) is 3. The molecular formula is C19H21ClFN3O. The molecule has 132 valence electrons. The van der Waals surface area contributed by atoms with Crippen molar-refractivity contribution in [3.63, 3.8) is 0 Å². The predicted octanol–water partition coefficient (Wildman–Crippen LogP) is 3.63. The fourth-order valence-corrected chi connectivity index (χ4v) is 3.17. The number of amides is 1. The molecule has 1 unspecified atom stereocenters. The van der Waals surface area contributed by atoms with Crippen molar-refractivity contribution in [3.8, 4) is 0 Å². The molecule has 6 heteroatoms. The highest BCUT2D eigenvalue weighted by Gasteiger charge is 2.25. The molecule has 0 aromatic heterocycles. The van der Waals surface area contributed by atoms with Crippen LogP contribution in [0.3, 0.4) is 0 Å². The summed E-state index contributed by atoms with van der Waals surface area (Å²) in [4.78, 5) is 16.9. The largest absolute Gasteiger partial charge is 0.369 e. The average molecular weight is 362 g/mol. The number of anilines is 2. The number of benzene rings is 2. The SMILES string of the molecule is CC(C(=O)Nc1ccc(F)c(Cl)c1)N1CCN(c2ccccc2)CC1. The van der Waals surface area contributed by atoms with Gasteiger partial charge in [-0.25, -0.2) is 4.39 Å². The van der Waals surface area contributed by atoms with Gasteiger partial charge in [0.1, 0.15) is 5.82 Å². The highest BCUT2D eigenvalue weighted by molar-refractivity contribution is 6.31. The van der Waals surface area contributed by atoms with Crippen molar-refractivity contribution in [2.24, 2.45) is 0 Å². The molecule has 1 fully saturated rings. The van der Waals surface area contributed by atoms with Crippen molar-refractivity contribution in [1.82, 2.24) is 4.90 Å². The molecule has 2 aromatic rings. The lowest BCUT2D eigenvalue weighted by molar-refractivity contribution is -0.120. The van der Waals surface area contributed by atoms with E-state index in [1.54, 1.807) is 0 Å². The van der Waals surface area contributed by atoms with Gasteiger partial charge in [-0.1, -0.05) is 29.8 Å². The molecule has 0 radical (unpaired) electrons. The van der Waals surface area contributed by atoms with E-state index in [4.69, 9.17) is 11.6 Å². The molecule has 1 amide bonds. The summed E-state index contributed by atoms with van der Waals surface area (Å²) in [5.74, 6) is -0.611. The summed E-state index contributed by atoms with van der Waals surface area (Å²) in [5.41, 5.74) is 1.71. The highest BCUT2D eigenvalue weighted by Crippen LogP contribution is 2.20. The van der Waals surface area contributed by atoms with Crippen LogP contribution in [0.2, 0.25) is 5.02 Å². The van der Waals surface area contributed by atoms with E-state index in [1.165, 1.54) is 23.9 Å². The molecule has 2 aromatic carbocycles. The van der Waals surface area contributed by atoms with E-state index in [1.807, 2.05) is 25.1 Å². The molecule has 0 saturated carbocycles. The topological polar surface area (TPSA) is 35.6 Å². The van der Waals surface area contributed by atoms with Crippen molar-refractivity contribution in [2.45, 2.75) is 13.0 Å². The monoisotopic (exact) mass is 361 g/mol. The zero-order chi connectivity index (χ0) is 17.8. The fraction of sp³-hybridized carbons (Fsp3) is 0.316. The first kappa shape index (κ1) is 17.7. The average Bonchev–Trinajstić information content (AvgIpc) is 2.65. The second kappa shape index (κ2) is 7.85. The van der Waals surface area contributed by atoms with Crippen molar-refractivity contribution in [3.05, 3.63) is 59.4 Å². The number of nitrogens with one attached hydrogen (secondary N) is 1. The number of carbonyl (C=O) groups excluding carboxylic acids is 1. The summed E-state index contributed by atoms with van der Waals surface area (Å²) in [6.07, 6.45) is 0. The Kier molecular flexibility index (Phi) is 5.56. The zero-order valence-electron chi connectivity index (χ0n) is 14.1. The first-order valence-electron chi connectivity index (χ1n) is 8.34. The lowest BCUT2D eigenvalue weighted by Crippen LogP contribution is -2.52. The van der Waals surface area contributed by atoms with Gasteiger partial charge in [0.05, 0.1) is 11.1 Å². The van der Waals surface area contributed by atoms with Gasteiger partial charge in [0.2, 0.25) is 5.91 Å². The summed E-state index contributed by atoms with van der Waals surface area (Å²) < 4.78 is 13.2. The van der Waals surface area contributed by atoms with E-state index in [-0.39, 0.29) is 17.0 Å². The molecular weight excluding hydrogens is 341 g/mol. The molecule has 25 heavy (non-hydrogen) atoms. The zero-order valence-corrected chi connectivity index (χ0v) is 14.8. The number of halogens is 2. The number of hydrogen-bond donors (Lipinski definition) is 1. The molecule has 3 rings (SSSR count). The number of piperazine rings is 1. The van der Waals surface area contributed by atoms with Gasteiger partial charge < -0.3 is 10.2 Å². The summed E-state index contributed by atoms with van der Waals surface area (Å²) in [6.45, 7) is 5.27. The van der Waals surface area contributed by atoms with Crippen LogP contribution in [0.5, 0.6) is 0 Å². The van der Waals surface area contributed by atoms with Crippen LogP contribution < -0.4 is 10.2 Å². The second-order valence-corrected chi connectivity index (χ2v) is 6.56. The van der Waals surface area contributed by atoms with Gasteiger partial charge >= 0.3 is 0 Å². The van der Waals surface area contributed by atoms with E-state index >= 15 is 0 Å². The van der Waals surface area contributed by atoms with Gasteiger partial charge in [0.15, 0.2) is 0 Å². The van der Waals surface area contributed by atoms with Gasteiger partial charge in [0, 0.05) is 37.6 Å². The standard InChI is InChI=1S/C19H21ClFN3O/c1-14(19(25)22-15-7-8-18(21)17(20)13-15)23-9-11-24(12-10-23)16-5-3-2-4-6-16/h2-8,13-14H,9-12H2,1H3,(H,22,25). The van der Waals surface area contributed by atoms with E-state index < -0.39 is 5.82 Å². The van der Waals surface area contributed by atoms with E-state index in [9.17, 15) is 9.18 Å². The van der Waals surface area contributed by atoms with Crippen LogP contribution in [0.25, 0.3) is 0 Å². The smallest absolute Gasteiger partial charge is 0.241 e. The summed E-state index contributed by atoms with van der Waals surface area (Å²) in [6, 6.07) is 14.2. The Balaban J connectivity index is 1.55. The predicted molar refractivity (Wildman–Crippen MR) is 99.7 cm³/mol. The van der Waals surface area contributed by atoms with Gasteiger partial charge in [-0.05, 0) is 37.3 Å². The van der Waals surface area contributed by atoms with Crippen LogP contribution in [-0.2, 0) is 4.79 Å². The number of carbonyl (C=O) groups is 1. The molecule has 0 spiro atoms. The Hall–Kier alpha value is -2.11. The molecule has 1 heterocycles. The van der Waals surface area contributed by atoms with E-state index in [2.05, 4.69) is 27.2 Å². The molecule has 1 saturated heterocycles. The Labute approximate surface area is 152 Å². The van der Waals surface area contributed by atoms with Crippen molar-refractivity contribution in [2.75, 3.05) is 36.4 Å². The first-order valence-corrected chi connectivity index (χ1v) is 8.72. The maximum absolute atomic E-state index is 13.2. The highest BCUT2D eigenvalue weighted by atomic mass is 35.5. The molecule has 1 aliphatic rings. The molecule has 0 aliphatic carbocycles. The fourth-order valence-electron chi connectivity index (χ4n) is 2.99. The third-order valence-corrected chi connectivity index (χ3v) is 4.84. The molecule has 0 bridgehead atoms. The van der Waals surface area contributed by atoms with Gasteiger partial charge in [-0.15, -0.1) is 0 Å². The van der Waals surface area contributed by atoms with Crippen LogP contribution in [0.4, 0.5) is 15.8 Å². The minimum atomic E-state index is -0.496. The van der Waals surface area contributed by atoms with Crippen molar-refractivity contribution < 1.29 is 9.18 Å². The van der Waals surface area contributed by atoms with E-state index in [0.717, 1.165) is 26.2 Å². The van der Waals surface area contributed by atoms with Crippen molar-refractivity contribution >= 4 is 28.9 Å². The van der Waals surface area contributed by atoms with Crippen LogP contribution in [0, 0.1) is 5.82 Å². The van der Waals surface area contributed by atoms with E-state index in [0.29, 0.717) is 5.69 Å². The number of nitrogens with zero attached hydrogens (tertiary/aromatic N) is 2. The van der Waals surface area contributed by atoms with Crippen LogP contribution in [0.15, 0.2) is 48.5 Å². The molecule has 1 aliphatic heterocycles. The minimum Gasteiger partial charge on any atom is -0.369 e. The van der Waals surface area contributed by atoms with Gasteiger partial charge in [-0.3, -0.25) is 9.69 Å². The third kappa shape index (κ3) is 4.30. The van der Waals surface area contributed by atoms with Crippen LogP contribution in [0.1, 0.15) is 6.92 Å². The normalized spacial score (nSPS) is 16.5. The third-order valence-electron chi connectivity index (χ3n) is 4.55. The molecule has 1 atom stereocenters. The van der Waals surface area contributed by atoms with Gasteiger partial charge in [0.25, 0.3) is 0 Å². The van der Waals surface area contributed by atoms with Crippen molar-refractivity contribution in [1.29, 1.82) is 0 Å². The molecule has 1 N–H and O–H groups in total. The minimum absolute atomic E-state index is 0.00179. The lowest BCUT2D eigenvalue weighted by Gasteiger charge is -2.38. The van der Waals surface area contributed by atoms with Crippen LogP contribution in [-0.4, -0.2) is 43.0 Å². The van der Waals surface area contributed by atoms with Gasteiger partial charge in [-0.2, -0.15) is 0 Å². The Morgan fingerprint density at radius 1 is 1.12 bits per heavy atom. The molecule has 4 nitrogen and oxygen atoms in total. The maximum Gasteiger partial charge on any atom is 0.241 e. The maximum atomic E-state index is 13.2. The number of rotatable bonds is 4. The first-order chi connectivity index (χ1) is 12.0. The lowest BCUT2D eigenvalue weighted by atomic mass is 10.2. The Bertz CT molecular complexity index is 733. The number of para-hydroxylation sites is 1. The quantitative estimate of drug-likeness (QED) is 0.903. The summed E-state index contributed by atoms with van der Waals surface area (Å²) >= 11 is 5.76. The summed E-state index contributed by atoms with van der Waals surface area (Å²) in [7, 11) is 0. The Morgan fingerprint density at radius 3 is 2.44 bits per heavy atom. The Morgan fingerprint density at radius 2 is 1.80 bits per heavy atom. The second-order valence-electron chi connectivity index (χ2n) is 6.15. The van der Waals surface area contributed by atoms with Crippen LogP contribution >= 0.6 is 11.6 Å².